The van der Waals surface area contributed by atoms with Crippen LogP contribution in [0.25, 0.3) is 10.4 Å². The van der Waals surface area contributed by atoms with Gasteiger partial charge in [0.1, 0.15) is 0 Å². The van der Waals surface area contributed by atoms with E-state index in [4.69, 9.17) is 11.3 Å². The molecule has 0 saturated heterocycles. The van der Waals surface area contributed by atoms with Gasteiger partial charge in [0.15, 0.2) is 0 Å². The Morgan fingerprint density at radius 2 is 2.36 bits per heavy atom. The number of hydrogen-bond donors (Lipinski definition) is 1. The molecule has 0 unspecified atom stereocenters. The summed E-state index contributed by atoms with van der Waals surface area (Å²) in [6.45, 7) is 7.92. The SMILES string of the molecule is C=C(C)[C@H]1CC[C@@](C)(N=[N+]=[N-])[C@H](N)C1. The minimum atomic E-state index is -0.402. The van der Waals surface area contributed by atoms with Crippen molar-refractivity contribution in [3.8, 4) is 0 Å². The fourth-order valence-electron chi connectivity index (χ4n) is 2.00. The lowest BCUT2D eigenvalue weighted by atomic mass is 9.73. The number of hydrogen-bond acceptors (Lipinski definition) is 2. The number of azide groups is 1. The second-order valence-electron chi connectivity index (χ2n) is 4.47. The van der Waals surface area contributed by atoms with Crippen molar-refractivity contribution in [3.63, 3.8) is 0 Å². The molecule has 1 rings (SSSR count). The standard InChI is InChI=1S/C10H18N4/c1-7(2)8-4-5-10(3,13-14-12)9(11)6-8/h8-9H,1,4-6,11H2,2-3H3/t8-,9+,10+/m0/s1. The first-order valence-corrected chi connectivity index (χ1v) is 4.97. The van der Waals surface area contributed by atoms with Gasteiger partial charge in [0, 0.05) is 11.0 Å². The molecule has 0 heterocycles. The second-order valence-corrected chi connectivity index (χ2v) is 4.47. The summed E-state index contributed by atoms with van der Waals surface area (Å²) < 4.78 is 0. The van der Waals surface area contributed by atoms with Crippen LogP contribution in [0.5, 0.6) is 0 Å². The predicted molar refractivity (Wildman–Crippen MR) is 57.7 cm³/mol. The molecule has 0 aromatic carbocycles. The van der Waals surface area contributed by atoms with Crippen molar-refractivity contribution < 1.29 is 0 Å². The highest BCUT2D eigenvalue weighted by atomic mass is 15.2. The highest BCUT2D eigenvalue weighted by Crippen LogP contribution is 2.36. The molecule has 14 heavy (non-hydrogen) atoms. The first-order chi connectivity index (χ1) is 6.49. The first-order valence-electron chi connectivity index (χ1n) is 4.97. The van der Waals surface area contributed by atoms with Crippen LogP contribution in [0.2, 0.25) is 0 Å². The Labute approximate surface area is 84.8 Å². The average molecular weight is 194 g/mol. The molecule has 0 amide bonds. The van der Waals surface area contributed by atoms with Crippen LogP contribution in [-0.2, 0) is 0 Å². The van der Waals surface area contributed by atoms with Crippen molar-refractivity contribution in [1.29, 1.82) is 0 Å². The van der Waals surface area contributed by atoms with E-state index in [2.05, 4.69) is 16.6 Å². The van der Waals surface area contributed by atoms with E-state index in [1.807, 2.05) is 13.8 Å². The van der Waals surface area contributed by atoms with Crippen LogP contribution >= 0.6 is 0 Å². The first kappa shape index (κ1) is 11.1. The van der Waals surface area contributed by atoms with Crippen LogP contribution in [0.1, 0.15) is 33.1 Å². The largest absolute Gasteiger partial charge is 0.327 e. The lowest BCUT2D eigenvalue weighted by Crippen LogP contribution is -2.48. The van der Waals surface area contributed by atoms with Crippen molar-refractivity contribution in [2.45, 2.75) is 44.7 Å². The van der Waals surface area contributed by atoms with E-state index in [1.165, 1.54) is 5.57 Å². The zero-order valence-electron chi connectivity index (χ0n) is 8.90. The Morgan fingerprint density at radius 1 is 1.71 bits per heavy atom. The van der Waals surface area contributed by atoms with E-state index in [9.17, 15) is 0 Å². The van der Waals surface area contributed by atoms with E-state index in [0.29, 0.717) is 5.92 Å². The zero-order valence-corrected chi connectivity index (χ0v) is 8.90. The molecular formula is C10H18N4. The Balaban J connectivity index is 2.73. The van der Waals surface area contributed by atoms with Crippen molar-refractivity contribution >= 4 is 0 Å². The van der Waals surface area contributed by atoms with E-state index in [0.717, 1.165) is 19.3 Å². The van der Waals surface area contributed by atoms with Gasteiger partial charge in [-0.2, -0.15) is 0 Å². The molecule has 0 aliphatic heterocycles. The molecular weight excluding hydrogens is 176 g/mol. The third-order valence-corrected chi connectivity index (χ3v) is 3.31. The number of nitrogens with zero attached hydrogens (tertiary/aromatic N) is 3. The average Bonchev–Trinajstić information content (AvgIpc) is 2.10. The lowest BCUT2D eigenvalue weighted by Gasteiger charge is -2.39. The summed E-state index contributed by atoms with van der Waals surface area (Å²) in [7, 11) is 0. The summed E-state index contributed by atoms with van der Waals surface area (Å²) in [6.07, 6.45) is 2.76. The minimum absolute atomic E-state index is 0.0474. The van der Waals surface area contributed by atoms with Gasteiger partial charge < -0.3 is 5.73 Å². The van der Waals surface area contributed by atoms with Gasteiger partial charge in [0.05, 0.1) is 5.54 Å². The number of rotatable bonds is 2. The Morgan fingerprint density at radius 3 is 2.79 bits per heavy atom. The summed E-state index contributed by atoms with van der Waals surface area (Å²) >= 11 is 0. The molecule has 0 aromatic heterocycles. The highest BCUT2D eigenvalue weighted by Gasteiger charge is 2.37. The van der Waals surface area contributed by atoms with Crippen molar-refractivity contribution in [2.75, 3.05) is 0 Å². The number of allylic oxidation sites excluding steroid dienone is 1. The molecule has 1 aliphatic rings. The minimum Gasteiger partial charge on any atom is -0.327 e. The molecule has 3 atom stereocenters. The molecule has 2 N–H and O–H groups in total. The molecule has 0 radical (unpaired) electrons. The highest BCUT2D eigenvalue weighted by molar-refractivity contribution is 5.06. The van der Waals surface area contributed by atoms with Gasteiger partial charge in [-0.25, -0.2) is 0 Å². The summed E-state index contributed by atoms with van der Waals surface area (Å²) in [5.41, 5.74) is 15.3. The molecule has 1 aliphatic carbocycles. The van der Waals surface area contributed by atoms with E-state index < -0.39 is 5.54 Å². The fraction of sp³-hybridized carbons (Fsp3) is 0.800. The maximum absolute atomic E-state index is 8.46. The third-order valence-electron chi connectivity index (χ3n) is 3.31. The summed E-state index contributed by atoms with van der Waals surface area (Å²) in [5, 5.41) is 3.82. The van der Waals surface area contributed by atoms with Gasteiger partial charge in [-0.3, -0.25) is 0 Å². The molecule has 1 fully saturated rings. The van der Waals surface area contributed by atoms with Gasteiger partial charge in [0.2, 0.25) is 0 Å². The van der Waals surface area contributed by atoms with Crippen LogP contribution in [-0.4, -0.2) is 11.6 Å². The molecule has 0 aromatic rings. The molecule has 0 spiro atoms. The normalized spacial score (nSPS) is 37.4. The van der Waals surface area contributed by atoms with Crippen molar-refractivity contribution in [1.82, 2.24) is 0 Å². The van der Waals surface area contributed by atoms with Gasteiger partial charge in [-0.05, 0) is 37.6 Å². The topological polar surface area (TPSA) is 74.8 Å². The molecule has 4 nitrogen and oxygen atoms in total. The van der Waals surface area contributed by atoms with E-state index in [1.54, 1.807) is 0 Å². The quantitative estimate of drug-likeness (QED) is 0.312. The Kier molecular flexibility index (Phi) is 3.19. The van der Waals surface area contributed by atoms with Gasteiger partial charge in [-0.15, -0.1) is 0 Å². The van der Waals surface area contributed by atoms with E-state index >= 15 is 0 Å². The molecule has 4 heteroatoms. The smallest absolute Gasteiger partial charge is 0.0611 e. The third kappa shape index (κ3) is 2.08. The maximum Gasteiger partial charge on any atom is 0.0611 e. The Hall–Kier alpha value is -0.990. The van der Waals surface area contributed by atoms with Crippen LogP contribution in [0.4, 0.5) is 0 Å². The summed E-state index contributed by atoms with van der Waals surface area (Å²) in [4.78, 5) is 2.87. The van der Waals surface area contributed by atoms with Gasteiger partial charge in [-0.1, -0.05) is 24.2 Å². The fourth-order valence-corrected chi connectivity index (χ4v) is 2.00. The molecule has 78 valence electrons. The summed E-state index contributed by atoms with van der Waals surface area (Å²) in [5.74, 6) is 0.493. The Bertz CT molecular complexity index is 280. The van der Waals surface area contributed by atoms with Gasteiger partial charge in [0.25, 0.3) is 0 Å². The van der Waals surface area contributed by atoms with Crippen LogP contribution in [0, 0.1) is 5.92 Å². The second kappa shape index (κ2) is 4.03. The van der Waals surface area contributed by atoms with Crippen LogP contribution < -0.4 is 5.73 Å². The summed E-state index contributed by atoms with van der Waals surface area (Å²) in [6, 6.07) is -0.0474. The van der Waals surface area contributed by atoms with Crippen LogP contribution in [0.15, 0.2) is 17.3 Å². The van der Waals surface area contributed by atoms with Crippen molar-refractivity contribution in [3.05, 3.63) is 22.6 Å². The molecule has 1 saturated carbocycles. The zero-order chi connectivity index (χ0) is 10.8. The lowest BCUT2D eigenvalue weighted by molar-refractivity contribution is 0.234. The number of nitrogens with two attached hydrogens (primary N) is 1. The monoisotopic (exact) mass is 194 g/mol. The van der Waals surface area contributed by atoms with E-state index in [-0.39, 0.29) is 6.04 Å². The van der Waals surface area contributed by atoms with Crippen LogP contribution in [0.3, 0.4) is 0 Å². The van der Waals surface area contributed by atoms with Gasteiger partial charge >= 0.3 is 0 Å². The molecule has 0 bridgehead atoms. The predicted octanol–water partition coefficient (Wildman–Crippen LogP) is 2.76. The maximum atomic E-state index is 8.46. The van der Waals surface area contributed by atoms with Crippen molar-refractivity contribution in [2.24, 2.45) is 16.8 Å².